The molecule has 2 amide bonds. The maximum absolute atomic E-state index is 12.3. The molecule has 3 rings (SSSR count). The molecule has 2 N–H and O–H groups in total. The number of aliphatic hydroxyl groups is 1. The molecule has 0 radical (unpaired) electrons. The summed E-state index contributed by atoms with van der Waals surface area (Å²) in [7, 11) is 0. The smallest absolute Gasteiger partial charge is 0.225 e. The van der Waals surface area contributed by atoms with Crippen LogP contribution in [-0.2, 0) is 9.59 Å². The fraction of sp³-hybridized carbons (Fsp3) is 0.867. The van der Waals surface area contributed by atoms with Crippen LogP contribution in [0.15, 0.2) is 0 Å². The third-order valence-corrected chi connectivity index (χ3v) is 5.30. The van der Waals surface area contributed by atoms with Gasteiger partial charge >= 0.3 is 0 Å². The minimum Gasteiger partial charge on any atom is -0.394 e. The number of likely N-dealkylation sites (tertiary alicyclic amines) is 1. The maximum atomic E-state index is 12.3. The Kier molecular flexibility index (Phi) is 3.71. The summed E-state index contributed by atoms with van der Waals surface area (Å²) in [6.07, 6.45) is 7.64. The Morgan fingerprint density at radius 3 is 2.55 bits per heavy atom. The molecular formula is C15H24N2O3. The van der Waals surface area contributed by atoms with Gasteiger partial charge in [0.15, 0.2) is 0 Å². The average molecular weight is 280 g/mol. The molecule has 5 nitrogen and oxygen atoms in total. The number of nitrogens with zero attached hydrogens (tertiary/aromatic N) is 1. The molecule has 1 heterocycles. The fourth-order valence-electron chi connectivity index (χ4n) is 3.77. The molecule has 2 aliphatic carbocycles. The van der Waals surface area contributed by atoms with E-state index in [-0.39, 0.29) is 24.3 Å². The van der Waals surface area contributed by atoms with Crippen LogP contribution in [-0.4, -0.2) is 46.6 Å². The lowest BCUT2D eigenvalue weighted by Crippen LogP contribution is -2.57. The van der Waals surface area contributed by atoms with Crippen molar-refractivity contribution in [3.05, 3.63) is 0 Å². The second-order valence-electron chi connectivity index (χ2n) is 6.67. The number of hydrogen-bond acceptors (Lipinski definition) is 3. The van der Waals surface area contributed by atoms with E-state index in [0.29, 0.717) is 19.0 Å². The first-order chi connectivity index (χ1) is 9.63. The number of aliphatic hydroxyl groups excluding tert-OH is 1. The topological polar surface area (TPSA) is 69.6 Å². The standard InChI is InChI=1S/C15H24N2O3/c18-10-15(6-3-7-15)16-14(20)11-8-13(19)17(9-11)12-4-1-2-5-12/h11-12,18H,1-10H2,(H,16,20). The zero-order valence-electron chi connectivity index (χ0n) is 11.9. The van der Waals surface area contributed by atoms with Gasteiger partial charge < -0.3 is 15.3 Å². The molecule has 0 bridgehead atoms. The molecule has 1 aliphatic heterocycles. The summed E-state index contributed by atoms with van der Waals surface area (Å²) in [6, 6.07) is 0.357. The Morgan fingerprint density at radius 1 is 1.30 bits per heavy atom. The number of hydrogen-bond donors (Lipinski definition) is 2. The molecule has 1 unspecified atom stereocenters. The molecule has 0 spiro atoms. The van der Waals surface area contributed by atoms with Gasteiger partial charge in [-0.15, -0.1) is 0 Å². The van der Waals surface area contributed by atoms with E-state index in [1.54, 1.807) is 0 Å². The third-order valence-electron chi connectivity index (χ3n) is 5.30. The first kappa shape index (κ1) is 13.9. The van der Waals surface area contributed by atoms with Crippen molar-refractivity contribution in [2.45, 2.75) is 62.9 Å². The highest BCUT2D eigenvalue weighted by Gasteiger charge is 2.43. The normalized spacial score (nSPS) is 29.6. The molecule has 112 valence electrons. The minimum absolute atomic E-state index is 0.00570. The van der Waals surface area contributed by atoms with Gasteiger partial charge in [0, 0.05) is 19.0 Å². The van der Waals surface area contributed by atoms with Gasteiger partial charge in [-0.2, -0.15) is 0 Å². The Bertz CT molecular complexity index is 394. The molecule has 0 aromatic heterocycles. The number of amides is 2. The van der Waals surface area contributed by atoms with Gasteiger partial charge in [-0.05, 0) is 32.1 Å². The second kappa shape index (κ2) is 5.35. The minimum atomic E-state index is -0.402. The van der Waals surface area contributed by atoms with Crippen molar-refractivity contribution in [3.63, 3.8) is 0 Å². The molecule has 20 heavy (non-hydrogen) atoms. The zero-order valence-corrected chi connectivity index (χ0v) is 11.9. The highest BCUT2D eigenvalue weighted by atomic mass is 16.3. The van der Waals surface area contributed by atoms with Crippen LogP contribution in [0.4, 0.5) is 0 Å². The number of nitrogens with one attached hydrogen (secondary N) is 1. The first-order valence-electron chi connectivity index (χ1n) is 7.86. The SMILES string of the molecule is O=C(NC1(CO)CCC1)C1CC(=O)N(C2CCCC2)C1. The molecule has 5 heteroatoms. The van der Waals surface area contributed by atoms with Gasteiger partial charge in [0.1, 0.15) is 0 Å². The van der Waals surface area contributed by atoms with Crippen molar-refractivity contribution in [2.75, 3.05) is 13.2 Å². The van der Waals surface area contributed by atoms with Gasteiger partial charge in [-0.1, -0.05) is 12.8 Å². The summed E-state index contributed by atoms with van der Waals surface area (Å²) in [5.74, 6) is -0.150. The highest BCUT2D eigenvalue weighted by Crippen LogP contribution is 2.33. The van der Waals surface area contributed by atoms with Crippen molar-refractivity contribution in [1.29, 1.82) is 0 Å². The van der Waals surface area contributed by atoms with Crippen molar-refractivity contribution in [1.82, 2.24) is 10.2 Å². The number of rotatable bonds is 4. The molecule has 0 aromatic rings. The van der Waals surface area contributed by atoms with E-state index in [4.69, 9.17) is 0 Å². The van der Waals surface area contributed by atoms with Crippen molar-refractivity contribution in [3.8, 4) is 0 Å². The monoisotopic (exact) mass is 280 g/mol. The van der Waals surface area contributed by atoms with Crippen LogP contribution in [0.1, 0.15) is 51.4 Å². The quantitative estimate of drug-likeness (QED) is 0.800. The number of carbonyl (C=O) groups excluding carboxylic acids is 2. The van der Waals surface area contributed by atoms with E-state index in [1.165, 1.54) is 12.8 Å². The fourth-order valence-corrected chi connectivity index (χ4v) is 3.77. The van der Waals surface area contributed by atoms with E-state index in [0.717, 1.165) is 32.1 Å². The van der Waals surface area contributed by atoms with Crippen LogP contribution in [0.5, 0.6) is 0 Å². The summed E-state index contributed by atoms with van der Waals surface area (Å²) < 4.78 is 0. The van der Waals surface area contributed by atoms with Crippen molar-refractivity contribution < 1.29 is 14.7 Å². The van der Waals surface area contributed by atoms with Crippen LogP contribution >= 0.6 is 0 Å². The summed E-state index contributed by atoms with van der Waals surface area (Å²) in [5.41, 5.74) is -0.402. The van der Waals surface area contributed by atoms with Crippen LogP contribution in [0.3, 0.4) is 0 Å². The lowest BCUT2D eigenvalue weighted by molar-refractivity contribution is -0.131. The predicted molar refractivity (Wildman–Crippen MR) is 73.9 cm³/mol. The van der Waals surface area contributed by atoms with Gasteiger partial charge in [0.25, 0.3) is 0 Å². The van der Waals surface area contributed by atoms with Crippen LogP contribution < -0.4 is 5.32 Å². The van der Waals surface area contributed by atoms with E-state index >= 15 is 0 Å². The molecule has 1 saturated heterocycles. The molecule has 3 aliphatic rings. The van der Waals surface area contributed by atoms with Crippen LogP contribution in [0.25, 0.3) is 0 Å². The van der Waals surface area contributed by atoms with E-state index in [9.17, 15) is 14.7 Å². The summed E-state index contributed by atoms with van der Waals surface area (Å²) in [6.45, 7) is 0.572. The van der Waals surface area contributed by atoms with Gasteiger partial charge in [0.05, 0.1) is 18.1 Å². The third kappa shape index (κ3) is 2.43. The van der Waals surface area contributed by atoms with E-state index in [1.807, 2.05) is 4.90 Å². The average Bonchev–Trinajstić information content (AvgIpc) is 3.02. The Balaban J connectivity index is 1.58. The van der Waals surface area contributed by atoms with E-state index < -0.39 is 5.54 Å². The van der Waals surface area contributed by atoms with Crippen LogP contribution in [0.2, 0.25) is 0 Å². The largest absolute Gasteiger partial charge is 0.394 e. The predicted octanol–water partition coefficient (Wildman–Crippen LogP) is 0.809. The molecule has 3 fully saturated rings. The summed E-state index contributed by atoms with van der Waals surface area (Å²) in [5, 5.41) is 12.4. The first-order valence-corrected chi connectivity index (χ1v) is 7.86. The van der Waals surface area contributed by atoms with Gasteiger partial charge in [-0.3, -0.25) is 9.59 Å². The van der Waals surface area contributed by atoms with Crippen molar-refractivity contribution >= 4 is 11.8 Å². The highest BCUT2D eigenvalue weighted by molar-refractivity contribution is 5.89. The van der Waals surface area contributed by atoms with Crippen LogP contribution in [0, 0.1) is 5.92 Å². The van der Waals surface area contributed by atoms with Crippen molar-refractivity contribution in [2.24, 2.45) is 5.92 Å². The Labute approximate surface area is 119 Å². The molecule has 2 saturated carbocycles. The number of carbonyl (C=O) groups is 2. The Morgan fingerprint density at radius 2 is 2.00 bits per heavy atom. The summed E-state index contributed by atoms with van der Waals surface area (Å²) in [4.78, 5) is 26.3. The van der Waals surface area contributed by atoms with Gasteiger partial charge in [0.2, 0.25) is 11.8 Å². The molecule has 1 atom stereocenters. The zero-order chi connectivity index (χ0) is 14.2. The maximum Gasteiger partial charge on any atom is 0.225 e. The second-order valence-corrected chi connectivity index (χ2v) is 6.67. The lowest BCUT2D eigenvalue weighted by atomic mass is 9.77. The van der Waals surface area contributed by atoms with E-state index in [2.05, 4.69) is 5.32 Å². The Hall–Kier alpha value is -1.10. The summed E-state index contributed by atoms with van der Waals surface area (Å²) >= 11 is 0. The molecule has 0 aromatic carbocycles. The lowest BCUT2D eigenvalue weighted by Gasteiger charge is -2.41. The van der Waals surface area contributed by atoms with Gasteiger partial charge in [-0.25, -0.2) is 0 Å². The molecular weight excluding hydrogens is 256 g/mol.